The lowest BCUT2D eigenvalue weighted by atomic mass is 9.89. The van der Waals surface area contributed by atoms with Crippen molar-refractivity contribution in [1.29, 1.82) is 0 Å². The van der Waals surface area contributed by atoms with Gasteiger partial charge in [-0.05, 0) is 71.5 Å². The van der Waals surface area contributed by atoms with Gasteiger partial charge in [-0.15, -0.1) is 0 Å². The van der Waals surface area contributed by atoms with E-state index >= 15 is 0 Å². The molecule has 0 radical (unpaired) electrons. The maximum Gasteiger partial charge on any atom is 0.237 e. The Bertz CT molecular complexity index is 470. The van der Waals surface area contributed by atoms with Crippen molar-refractivity contribution in [3.63, 3.8) is 0 Å². The molecule has 1 aromatic rings. The van der Waals surface area contributed by atoms with Crippen LogP contribution in [0.1, 0.15) is 46.1 Å². The lowest BCUT2D eigenvalue weighted by Crippen LogP contribution is -2.52. The van der Waals surface area contributed by atoms with Gasteiger partial charge in [-0.2, -0.15) is 0 Å². The molecule has 1 amide bonds. The molecule has 3 heteroatoms. The normalized spacial score (nSPS) is 18.9. The number of nitrogens with zero attached hydrogens (tertiary/aromatic N) is 1. The van der Waals surface area contributed by atoms with Gasteiger partial charge in [0.1, 0.15) is 0 Å². The van der Waals surface area contributed by atoms with Crippen molar-refractivity contribution in [3.8, 4) is 0 Å². The molecule has 0 unspecified atom stereocenters. The Labute approximate surface area is 135 Å². The third-order valence-corrected chi connectivity index (χ3v) is 4.44. The van der Waals surface area contributed by atoms with Crippen LogP contribution in [0.2, 0.25) is 0 Å². The van der Waals surface area contributed by atoms with E-state index in [1.165, 1.54) is 18.4 Å². The van der Waals surface area contributed by atoms with Gasteiger partial charge in [-0.3, -0.25) is 9.69 Å². The van der Waals surface area contributed by atoms with Crippen molar-refractivity contribution in [2.45, 2.75) is 58.5 Å². The highest BCUT2D eigenvalue weighted by molar-refractivity contribution is 5.81. The molecule has 0 spiro atoms. The number of amides is 1. The molecule has 3 nitrogen and oxygen atoms in total. The maximum atomic E-state index is 12.3. The number of benzene rings is 1. The smallest absolute Gasteiger partial charge is 0.237 e. The molecule has 1 heterocycles. The first-order valence-electron chi connectivity index (χ1n) is 8.45. The Hall–Kier alpha value is -1.35. The number of rotatable bonds is 4. The SMILES string of the molecule is C[C@@H](C(=O)NC(C)(C)C)N1CCC(Cc2ccccc2)CC1. The highest BCUT2D eigenvalue weighted by atomic mass is 16.2. The number of hydrogen-bond acceptors (Lipinski definition) is 2. The summed E-state index contributed by atoms with van der Waals surface area (Å²) < 4.78 is 0. The Morgan fingerprint density at radius 1 is 1.23 bits per heavy atom. The van der Waals surface area contributed by atoms with Crippen molar-refractivity contribution in [2.75, 3.05) is 13.1 Å². The molecule has 1 aromatic carbocycles. The molecule has 22 heavy (non-hydrogen) atoms. The highest BCUT2D eigenvalue weighted by Crippen LogP contribution is 2.23. The summed E-state index contributed by atoms with van der Waals surface area (Å²) in [7, 11) is 0. The quantitative estimate of drug-likeness (QED) is 0.926. The van der Waals surface area contributed by atoms with Crippen molar-refractivity contribution >= 4 is 5.91 Å². The topological polar surface area (TPSA) is 32.3 Å². The fourth-order valence-corrected chi connectivity index (χ4v) is 3.13. The zero-order valence-corrected chi connectivity index (χ0v) is 14.4. The van der Waals surface area contributed by atoms with Crippen LogP contribution in [0.4, 0.5) is 0 Å². The van der Waals surface area contributed by atoms with Crippen LogP contribution in [-0.2, 0) is 11.2 Å². The molecule has 1 aliphatic heterocycles. The minimum atomic E-state index is -0.156. The molecule has 0 aromatic heterocycles. The summed E-state index contributed by atoms with van der Waals surface area (Å²) >= 11 is 0. The number of carbonyl (C=O) groups is 1. The van der Waals surface area contributed by atoms with E-state index in [1.807, 2.05) is 27.7 Å². The molecule has 0 aliphatic carbocycles. The zero-order valence-electron chi connectivity index (χ0n) is 14.4. The van der Waals surface area contributed by atoms with Crippen LogP contribution in [0, 0.1) is 5.92 Å². The van der Waals surface area contributed by atoms with Gasteiger partial charge >= 0.3 is 0 Å². The van der Waals surface area contributed by atoms with Crippen molar-refractivity contribution in [2.24, 2.45) is 5.92 Å². The summed E-state index contributed by atoms with van der Waals surface area (Å²) in [5.74, 6) is 0.894. The van der Waals surface area contributed by atoms with E-state index in [0.717, 1.165) is 25.4 Å². The fourth-order valence-electron chi connectivity index (χ4n) is 3.13. The number of piperidine rings is 1. The molecular formula is C19H30N2O. The molecule has 1 fully saturated rings. The van der Waals surface area contributed by atoms with Crippen LogP contribution in [0.5, 0.6) is 0 Å². The second-order valence-corrected chi connectivity index (χ2v) is 7.58. The van der Waals surface area contributed by atoms with E-state index in [1.54, 1.807) is 0 Å². The lowest BCUT2D eigenvalue weighted by Gasteiger charge is -2.36. The van der Waals surface area contributed by atoms with Crippen LogP contribution >= 0.6 is 0 Å². The predicted octanol–water partition coefficient (Wildman–Crippen LogP) is 3.24. The average molecular weight is 302 g/mol. The molecule has 0 bridgehead atoms. The van der Waals surface area contributed by atoms with Gasteiger partial charge in [0.05, 0.1) is 6.04 Å². The van der Waals surface area contributed by atoms with Crippen molar-refractivity contribution in [3.05, 3.63) is 35.9 Å². The summed E-state index contributed by atoms with van der Waals surface area (Å²) in [6.45, 7) is 10.2. The van der Waals surface area contributed by atoms with Gasteiger partial charge in [0.2, 0.25) is 5.91 Å². The minimum Gasteiger partial charge on any atom is -0.350 e. The van der Waals surface area contributed by atoms with E-state index < -0.39 is 0 Å². The van der Waals surface area contributed by atoms with Gasteiger partial charge in [0.15, 0.2) is 0 Å². The Morgan fingerprint density at radius 2 is 1.82 bits per heavy atom. The first kappa shape index (κ1) is 17.0. The largest absolute Gasteiger partial charge is 0.350 e. The van der Waals surface area contributed by atoms with E-state index in [-0.39, 0.29) is 17.5 Å². The molecule has 1 atom stereocenters. The maximum absolute atomic E-state index is 12.3. The first-order valence-corrected chi connectivity index (χ1v) is 8.45. The zero-order chi connectivity index (χ0) is 16.2. The summed E-state index contributed by atoms with van der Waals surface area (Å²) in [5.41, 5.74) is 1.27. The van der Waals surface area contributed by atoms with Gasteiger partial charge in [-0.25, -0.2) is 0 Å². The number of hydrogen-bond donors (Lipinski definition) is 1. The van der Waals surface area contributed by atoms with Crippen molar-refractivity contribution < 1.29 is 4.79 Å². The molecule has 1 saturated heterocycles. The molecule has 1 N–H and O–H groups in total. The van der Waals surface area contributed by atoms with Gasteiger partial charge in [0.25, 0.3) is 0 Å². The van der Waals surface area contributed by atoms with E-state index in [9.17, 15) is 4.79 Å². The van der Waals surface area contributed by atoms with Crippen molar-refractivity contribution in [1.82, 2.24) is 10.2 Å². The molecular weight excluding hydrogens is 272 g/mol. The third kappa shape index (κ3) is 5.13. The first-order chi connectivity index (χ1) is 10.3. The molecule has 122 valence electrons. The summed E-state index contributed by atoms with van der Waals surface area (Å²) in [6.07, 6.45) is 3.53. The number of likely N-dealkylation sites (tertiary alicyclic amines) is 1. The highest BCUT2D eigenvalue weighted by Gasteiger charge is 2.28. The Morgan fingerprint density at radius 3 is 2.36 bits per heavy atom. The van der Waals surface area contributed by atoms with Gasteiger partial charge < -0.3 is 5.32 Å². The third-order valence-electron chi connectivity index (χ3n) is 4.44. The predicted molar refractivity (Wildman–Crippen MR) is 91.8 cm³/mol. The Balaban J connectivity index is 1.80. The van der Waals surface area contributed by atoms with E-state index in [2.05, 4.69) is 40.5 Å². The second-order valence-electron chi connectivity index (χ2n) is 7.58. The standard InChI is InChI=1S/C19H30N2O/c1-15(18(22)20-19(2,3)4)21-12-10-17(11-13-21)14-16-8-6-5-7-9-16/h5-9,15,17H,10-14H2,1-4H3,(H,20,22)/t15-/m0/s1. The minimum absolute atomic E-state index is 0.0306. The van der Waals surface area contributed by atoms with Crippen LogP contribution in [0.3, 0.4) is 0 Å². The van der Waals surface area contributed by atoms with Crippen LogP contribution in [-0.4, -0.2) is 35.5 Å². The number of nitrogens with one attached hydrogen (secondary N) is 1. The summed E-state index contributed by atoms with van der Waals surface area (Å²) in [5, 5.41) is 3.09. The lowest BCUT2D eigenvalue weighted by molar-refractivity contribution is -0.127. The van der Waals surface area contributed by atoms with Crippen LogP contribution in [0.25, 0.3) is 0 Å². The molecule has 2 rings (SSSR count). The summed E-state index contributed by atoms with van der Waals surface area (Å²) in [4.78, 5) is 14.6. The monoisotopic (exact) mass is 302 g/mol. The molecule has 1 aliphatic rings. The molecule has 0 saturated carbocycles. The fraction of sp³-hybridized carbons (Fsp3) is 0.632. The average Bonchev–Trinajstić information content (AvgIpc) is 2.46. The Kier molecular flexibility index (Phi) is 5.63. The van der Waals surface area contributed by atoms with Gasteiger partial charge in [-0.1, -0.05) is 30.3 Å². The van der Waals surface area contributed by atoms with Gasteiger partial charge in [0, 0.05) is 5.54 Å². The number of carbonyl (C=O) groups excluding carboxylic acids is 1. The van der Waals surface area contributed by atoms with E-state index in [0.29, 0.717) is 0 Å². The van der Waals surface area contributed by atoms with E-state index in [4.69, 9.17) is 0 Å². The van der Waals surface area contributed by atoms with Crippen LogP contribution < -0.4 is 5.32 Å². The second kappa shape index (κ2) is 7.28. The van der Waals surface area contributed by atoms with Crippen LogP contribution in [0.15, 0.2) is 30.3 Å². The summed E-state index contributed by atoms with van der Waals surface area (Å²) in [6, 6.07) is 10.7.